The van der Waals surface area contributed by atoms with Crippen LogP contribution in [-0.4, -0.2) is 48.5 Å². The molecule has 9 heteroatoms. The van der Waals surface area contributed by atoms with Crippen molar-refractivity contribution in [1.29, 1.82) is 5.41 Å². The van der Waals surface area contributed by atoms with Crippen LogP contribution in [0.25, 0.3) is 0 Å². The van der Waals surface area contributed by atoms with E-state index in [0.717, 1.165) is 4.90 Å². The molecule has 0 radical (unpaired) electrons. The van der Waals surface area contributed by atoms with Gasteiger partial charge >= 0.3 is 18.0 Å². The van der Waals surface area contributed by atoms with Crippen LogP contribution in [0.15, 0.2) is 30.3 Å². The Kier molecular flexibility index (Phi) is 8.35. The van der Waals surface area contributed by atoms with Crippen LogP contribution in [0.1, 0.15) is 17.3 Å². The van der Waals surface area contributed by atoms with Gasteiger partial charge in [0.15, 0.2) is 6.04 Å². The van der Waals surface area contributed by atoms with Crippen LogP contribution in [-0.2, 0) is 14.3 Å². The van der Waals surface area contributed by atoms with E-state index in [2.05, 4.69) is 4.74 Å². The Morgan fingerprint density at radius 2 is 1.83 bits per heavy atom. The van der Waals surface area contributed by atoms with E-state index in [4.69, 9.17) is 15.9 Å². The fourth-order valence-electron chi connectivity index (χ4n) is 1.60. The quantitative estimate of drug-likeness (QED) is 0.358. The van der Waals surface area contributed by atoms with E-state index in [1.807, 2.05) is 0 Å². The maximum Gasteiger partial charge on any atom is 0.418 e. The van der Waals surface area contributed by atoms with Gasteiger partial charge in [-0.25, -0.2) is 14.4 Å². The van der Waals surface area contributed by atoms with E-state index in [9.17, 15) is 14.4 Å². The van der Waals surface area contributed by atoms with E-state index in [0.29, 0.717) is 0 Å². The average molecular weight is 344 g/mol. The van der Waals surface area contributed by atoms with E-state index in [1.54, 1.807) is 25.1 Å². The van der Waals surface area contributed by atoms with Gasteiger partial charge in [0.1, 0.15) is 5.84 Å². The summed E-state index contributed by atoms with van der Waals surface area (Å²) in [6, 6.07) is 6.43. The minimum absolute atomic E-state index is 0. The van der Waals surface area contributed by atoms with Gasteiger partial charge in [0.05, 0.1) is 12.2 Å². The zero-order valence-electron chi connectivity index (χ0n) is 12.6. The highest BCUT2D eigenvalue weighted by Crippen LogP contribution is 2.06. The molecule has 126 valence electrons. The zero-order valence-corrected chi connectivity index (χ0v) is 13.5. The van der Waals surface area contributed by atoms with Gasteiger partial charge in [0.2, 0.25) is 0 Å². The zero-order chi connectivity index (χ0) is 16.7. The summed E-state index contributed by atoms with van der Waals surface area (Å²) >= 11 is 0. The van der Waals surface area contributed by atoms with Crippen molar-refractivity contribution < 1.29 is 23.9 Å². The summed E-state index contributed by atoms with van der Waals surface area (Å²) in [6.07, 6.45) is -1.11. The van der Waals surface area contributed by atoms with Crippen LogP contribution in [0.2, 0.25) is 0 Å². The molecular formula is C14H18ClN3O5. The summed E-state index contributed by atoms with van der Waals surface area (Å²) < 4.78 is 9.38. The highest BCUT2D eigenvalue weighted by molar-refractivity contribution is 6.05. The number of hydrogen-bond acceptors (Lipinski definition) is 6. The highest BCUT2D eigenvalue weighted by Gasteiger charge is 2.33. The monoisotopic (exact) mass is 343 g/mol. The first-order valence-corrected chi connectivity index (χ1v) is 6.43. The van der Waals surface area contributed by atoms with Gasteiger partial charge in [-0.1, -0.05) is 18.2 Å². The number of nitrogens with zero attached hydrogens (tertiary/aromatic N) is 1. The number of nitrogens with one attached hydrogen (secondary N) is 1. The van der Waals surface area contributed by atoms with Gasteiger partial charge in [0, 0.05) is 7.05 Å². The van der Waals surface area contributed by atoms with Gasteiger partial charge in [-0.2, -0.15) is 0 Å². The minimum Gasteiger partial charge on any atom is -0.464 e. The molecule has 0 aliphatic heterocycles. The van der Waals surface area contributed by atoms with E-state index in [1.165, 1.54) is 19.2 Å². The van der Waals surface area contributed by atoms with Crippen molar-refractivity contribution in [2.45, 2.75) is 13.0 Å². The number of amidine groups is 1. The number of ether oxygens (including phenoxy) is 2. The predicted octanol–water partition coefficient (Wildman–Crippen LogP) is 1.18. The van der Waals surface area contributed by atoms with Crippen LogP contribution >= 0.6 is 12.4 Å². The lowest BCUT2D eigenvalue weighted by atomic mass is 10.2. The maximum atomic E-state index is 11.9. The van der Waals surface area contributed by atoms with Gasteiger partial charge < -0.3 is 15.2 Å². The Hall–Kier alpha value is -2.61. The number of hydrogen-bond donors (Lipinski definition) is 2. The van der Waals surface area contributed by atoms with Gasteiger partial charge in [0.25, 0.3) is 0 Å². The number of amides is 1. The molecule has 1 amide bonds. The number of likely N-dealkylation sites (N-methyl/N-ethyl adjacent to an activating group) is 1. The summed E-state index contributed by atoms with van der Waals surface area (Å²) in [5, 5.41) is 7.37. The smallest absolute Gasteiger partial charge is 0.418 e. The molecule has 1 aromatic carbocycles. The van der Waals surface area contributed by atoms with Crippen LogP contribution in [0.5, 0.6) is 0 Å². The summed E-state index contributed by atoms with van der Waals surface area (Å²) in [5.74, 6) is -2.34. The first-order chi connectivity index (χ1) is 10.4. The second-order valence-electron chi connectivity index (χ2n) is 4.24. The van der Waals surface area contributed by atoms with Crippen molar-refractivity contribution in [2.75, 3.05) is 13.7 Å². The third-order valence-corrected chi connectivity index (χ3v) is 2.67. The van der Waals surface area contributed by atoms with Crippen molar-refractivity contribution in [2.24, 2.45) is 5.73 Å². The molecule has 0 aliphatic rings. The van der Waals surface area contributed by atoms with Crippen LogP contribution < -0.4 is 5.73 Å². The fraction of sp³-hybridized carbons (Fsp3) is 0.286. The molecule has 0 saturated carbocycles. The standard InChI is InChI=1S/C14H17N3O5.ClH/c1-3-21-13(19)10(11(15)16)17(2)14(20)22-12(18)9-7-5-4-6-8-9;/h4-8,10H,3H2,1-2H3,(H3,15,16);1H. The number of esters is 2. The average Bonchev–Trinajstić information content (AvgIpc) is 2.48. The minimum atomic E-state index is -1.45. The van der Waals surface area contributed by atoms with Gasteiger partial charge in [-0.05, 0) is 19.1 Å². The molecule has 0 spiro atoms. The van der Waals surface area contributed by atoms with Gasteiger partial charge in [-0.3, -0.25) is 10.3 Å². The molecule has 0 fully saturated rings. The first kappa shape index (κ1) is 20.4. The highest BCUT2D eigenvalue weighted by atomic mass is 35.5. The molecule has 0 aromatic heterocycles. The molecule has 1 rings (SSSR count). The lowest BCUT2D eigenvalue weighted by Crippen LogP contribution is -2.51. The van der Waals surface area contributed by atoms with Crippen molar-refractivity contribution in [3.63, 3.8) is 0 Å². The maximum absolute atomic E-state index is 11.9. The molecule has 0 bridgehead atoms. The number of rotatable bonds is 5. The Morgan fingerprint density at radius 3 is 2.30 bits per heavy atom. The third-order valence-electron chi connectivity index (χ3n) is 2.67. The van der Waals surface area contributed by atoms with Crippen molar-refractivity contribution >= 4 is 36.3 Å². The second-order valence-corrected chi connectivity index (χ2v) is 4.24. The fourth-order valence-corrected chi connectivity index (χ4v) is 1.60. The number of benzene rings is 1. The SMILES string of the molecule is CCOC(=O)C(C(=N)N)N(C)C(=O)OC(=O)c1ccccc1.Cl. The Morgan fingerprint density at radius 1 is 1.26 bits per heavy atom. The normalized spacial score (nSPS) is 10.7. The van der Waals surface area contributed by atoms with E-state index < -0.39 is 29.9 Å². The molecule has 1 unspecified atom stereocenters. The number of carbonyl (C=O) groups excluding carboxylic acids is 3. The summed E-state index contributed by atoms with van der Waals surface area (Å²) in [6.45, 7) is 1.64. The second kappa shape index (κ2) is 9.42. The molecular weight excluding hydrogens is 326 g/mol. The first-order valence-electron chi connectivity index (χ1n) is 6.43. The van der Waals surface area contributed by atoms with E-state index >= 15 is 0 Å². The summed E-state index contributed by atoms with van der Waals surface area (Å²) in [5.41, 5.74) is 5.48. The predicted molar refractivity (Wildman–Crippen MR) is 84.6 cm³/mol. The Labute approximate surface area is 139 Å². The van der Waals surface area contributed by atoms with Crippen molar-refractivity contribution in [3.8, 4) is 0 Å². The van der Waals surface area contributed by atoms with Crippen LogP contribution in [0.3, 0.4) is 0 Å². The van der Waals surface area contributed by atoms with Crippen LogP contribution in [0.4, 0.5) is 4.79 Å². The molecule has 0 aliphatic carbocycles. The molecule has 23 heavy (non-hydrogen) atoms. The number of carbonyl (C=O) groups is 3. The van der Waals surface area contributed by atoms with Crippen molar-refractivity contribution in [3.05, 3.63) is 35.9 Å². The molecule has 3 N–H and O–H groups in total. The largest absolute Gasteiger partial charge is 0.464 e. The lowest BCUT2D eigenvalue weighted by Gasteiger charge is -2.24. The molecule has 0 saturated heterocycles. The number of halogens is 1. The third kappa shape index (κ3) is 5.59. The molecule has 1 atom stereocenters. The number of nitrogens with two attached hydrogens (primary N) is 1. The Balaban J connectivity index is 0.00000484. The lowest BCUT2D eigenvalue weighted by molar-refractivity contribution is -0.145. The molecule has 1 aromatic rings. The summed E-state index contributed by atoms with van der Waals surface area (Å²) in [7, 11) is 1.18. The van der Waals surface area contributed by atoms with Gasteiger partial charge in [-0.15, -0.1) is 12.4 Å². The van der Waals surface area contributed by atoms with Crippen LogP contribution in [0, 0.1) is 5.41 Å². The molecule has 0 heterocycles. The Bertz CT molecular complexity index is 579. The molecule has 8 nitrogen and oxygen atoms in total. The topological polar surface area (TPSA) is 123 Å². The van der Waals surface area contributed by atoms with Crippen molar-refractivity contribution in [1.82, 2.24) is 4.90 Å². The summed E-state index contributed by atoms with van der Waals surface area (Å²) in [4.78, 5) is 36.1. The van der Waals surface area contributed by atoms with E-state index in [-0.39, 0.29) is 24.6 Å².